The third kappa shape index (κ3) is 4.26. The Morgan fingerprint density at radius 2 is 1.36 bits per heavy atom. The zero-order chi connectivity index (χ0) is 29.7. The molecule has 0 amide bonds. The molecular formula is C41H28N4. The third-order valence-electron chi connectivity index (χ3n) is 9.09. The van der Waals surface area contributed by atoms with E-state index in [1.165, 1.54) is 16.7 Å². The highest BCUT2D eigenvalue weighted by Crippen LogP contribution is 2.44. The van der Waals surface area contributed by atoms with Gasteiger partial charge in [-0.3, -0.25) is 9.97 Å². The second-order valence-electron chi connectivity index (χ2n) is 11.7. The van der Waals surface area contributed by atoms with Crippen molar-refractivity contribution in [1.29, 1.82) is 0 Å². The molecule has 4 heteroatoms. The van der Waals surface area contributed by atoms with Gasteiger partial charge in [0.1, 0.15) is 0 Å². The van der Waals surface area contributed by atoms with Crippen LogP contribution in [0.15, 0.2) is 169 Å². The van der Waals surface area contributed by atoms with Gasteiger partial charge in [-0.2, -0.15) is 0 Å². The lowest BCUT2D eigenvalue weighted by Gasteiger charge is -2.33. The van der Waals surface area contributed by atoms with Crippen LogP contribution >= 0.6 is 0 Å². The van der Waals surface area contributed by atoms with Crippen molar-refractivity contribution in [2.75, 3.05) is 0 Å². The highest BCUT2D eigenvalue weighted by Gasteiger charge is 2.31. The predicted octanol–water partition coefficient (Wildman–Crippen LogP) is 9.48. The molecule has 0 bridgehead atoms. The van der Waals surface area contributed by atoms with Gasteiger partial charge in [0.25, 0.3) is 0 Å². The Morgan fingerprint density at radius 3 is 2.24 bits per heavy atom. The molecule has 45 heavy (non-hydrogen) atoms. The summed E-state index contributed by atoms with van der Waals surface area (Å²) >= 11 is 0. The van der Waals surface area contributed by atoms with Crippen molar-refractivity contribution < 1.29 is 0 Å². The van der Waals surface area contributed by atoms with Crippen LogP contribution in [0.25, 0.3) is 55.7 Å². The first kappa shape index (κ1) is 25.6. The summed E-state index contributed by atoms with van der Waals surface area (Å²) in [5.41, 5.74) is 13.1. The van der Waals surface area contributed by atoms with Crippen molar-refractivity contribution in [3.63, 3.8) is 0 Å². The molecule has 0 aliphatic heterocycles. The van der Waals surface area contributed by atoms with E-state index in [1.807, 2.05) is 36.7 Å². The van der Waals surface area contributed by atoms with Crippen molar-refractivity contribution in [2.45, 2.75) is 0 Å². The molecule has 3 aliphatic rings. The maximum Gasteiger partial charge on any atom is 0.0963 e. The van der Waals surface area contributed by atoms with E-state index in [0.29, 0.717) is 5.92 Å². The Balaban J connectivity index is 1.20. The van der Waals surface area contributed by atoms with E-state index in [4.69, 9.17) is 9.97 Å². The summed E-state index contributed by atoms with van der Waals surface area (Å²) in [6, 6.07) is 31.8. The van der Waals surface area contributed by atoms with Gasteiger partial charge in [-0.1, -0.05) is 85.0 Å². The molecule has 9 rings (SSSR count). The molecule has 0 saturated carbocycles. The summed E-state index contributed by atoms with van der Waals surface area (Å²) in [5, 5.41) is 1.16. The Kier molecular flexibility index (Phi) is 5.91. The first-order valence-corrected chi connectivity index (χ1v) is 15.4. The van der Waals surface area contributed by atoms with Crippen molar-refractivity contribution in [2.24, 2.45) is 11.8 Å². The van der Waals surface area contributed by atoms with Gasteiger partial charge < -0.3 is 4.57 Å². The second kappa shape index (κ2) is 10.4. The lowest BCUT2D eigenvalue weighted by molar-refractivity contribution is 0.617. The Labute approximate surface area is 261 Å². The topological polar surface area (TPSA) is 43.6 Å². The Bertz CT molecular complexity index is 2260. The normalized spacial score (nSPS) is 18.4. The van der Waals surface area contributed by atoms with Crippen molar-refractivity contribution in [3.05, 3.63) is 175 Å². The molecule has 0 fully saturated rings. The average Bonchev–Trinajstić information content (AvgIpc) is 3.46. The summed E-state index contributed by atoms with van der Waals surface area (Å²) in [4.78, 5) is 14.6. The van der Waals surface area contributed by atoms with Crippen LogP contribution in [0, 0.1) is 11.8 Å². The van der Waals surface area contributed by atoms with Gasteiger partial charge in [-0.15, -0.1) is 0 Å². The number of pyridine rings is 3. The number of fused-ring (bicyclic) bond motifs is 6. The van der Waals surface area contributed by atoms with Crippen LogP contribution in [0.4, 0.5) is 0 Å². The molecule has 0 spiro atoms. The Hall–Kier alpha value is -5.87. The fraction of sp³-hybridized carbons (Fsp3) is 0.0488. The number of hydrogen-bond donors (Lipinski definition) is 0. The molecule has 3 aliphatic carbocycles. The molecule has 2 aromatic carbocycles. The first-order valence-electron chi connectivity index (χ1n) is 15.4. The standard InChI is InChI=1S/C41H28N4/c1-2-11-31-28(10-1)24-35(33-13-4-3-12-32(31)33)37-25-29(26-38(44-37)36-15-7-8-22-42-36)27-18-20-30(21-19-27)45-39-16-6-5-14-34(39)41-40(45)17-9-23-43-41/h1-26,31-32H. The first-order chi connectivity index (χ1) is 22.3. The molecule has 6 aromatic rings. The van der Waals surface area contributed by atoms with E-state index >= 15 is 0 Å². The fourth-order valence-corrected chi connectivity index (χ4v) is 7.00. The summed E-state index contributed by atoms with van der Waals surface area (Å²) in [6.45, 7) is 0. The van der Waals surface area contributed by atoms with Gasteiger partial charge >= 0.3 is 0 Å². The van der Waals surface area contributed by atoms with Crippen LogP contribution in [-0.4, -0.2) is 19.5 Å². The van der Waals surface area contributed by atoms with Gasteiger partial charge in [0.15, 0.2) is 0 Å². The van der Waals surface area contributed by atoms with E-state index in [0.717, 1.165) is 55.8 Å². The molecular weight excluding hydrogens is 548 g/mol. The summed E-state index contributed by atoms with van der Waals surface area (Å²) in [6.07, 6.45) is 23.7. The molecule has 0 saturated heterocycles. The number of aromatic nitrogens is 4. The SMILES string of the molecule is C1=CC2=CC(c3cc(-c4ccc(-n5c6ccccc6c6ncccc65)cc4)cc(-c4ccccn4)n3)=C3C=CC=CC3C2C=C1. The second-order valence-corrected chi connectivity index (χ2v) is 11.7. The highest BCUT2D eigenvalue weighted by atomic mass is 15.0. The van der Waals surface area contributed by atoms with E-state index in [1.54, 1.807) is 0 Å². The van der Waals surface area contributed by atoms with E-state index in [2.05, 4.69) is 131 Å². The summed E-state index contributed by atoms with van der Waals surface area (Å²) < 4.78 is 2.30. The minimum absolute atomic E-state index is 0.287. The number of hydrogen-bond acceptors (Lipinski definition) is 3. The van der Waals surface area contributed by atoms with Crippen molar-refractivity contribution in [1.82, 2.24) is 19.5 Å². The van der Waals surface area contributed by atoms with Crippen LogP contribution in [-0.2, 0) is 0 Å². The maximum absolute atomic E-state index is 5.23. The van der Waals surface area contributed by atoms with E-state index in [9.17, 15) is 0 Å². The lowest BCUT2D eigenvalue weighted by Crippen LogP contribution is -2.21. The quantitative estimate of drug-likeness (QED) is 0.210. The zero-order valence-corrected chi connectivity index (χ0v) is 24.5. The van der Waals surface area contributed by atoms with Crippen LogP contribution in [0.5, 0.6) is 0 Å². The smallest absolute Gasteiger partial charge is 0.0963 e. The number of para-hydroxylation sites is 1. The Morgan fingerprint density at radius 1 is 0.578 bits per heavy atom. The average molecular weight is 577 g/mol. The fourth-order valence-electron chi connectivity index (χ4n) is 7.00. The van der Waals surface area contributed by atoms with Crippen molar-refractivity contribution in [3.8, 4) is 28.2 Å². The number of benzene rings is 2. The zero-order valence-electron chi connectivity index (χ0n) is 24.5. The number of nitrogens with zero attached hydrogens (tertiary/aromatic N) is 4. The van der Waals surface area contributed by atoms with Crippen LogP contribution < -0.4 is 0 Å². The van der Waals surface area contributed by atoms with Crippen LogP contribution in [0.2, 0.25) is 0 Å². The molecule has 2 atom stereocenters. The third-order valence-corrected chi connectivity index (χ3v) is 9.09. The van der Waals surface area contributed by atoms with Gasteiger partial charge in [0.05, 0.1) is 33.6 Å². The summed E-state index contributed by atoms with van der Waals surface area (Å²) in [7, 11) is 0. The molecule has 0 N–H and O–H groups in total. The van der Waals surface area contributed by atoms with Gasteiger partial charge in [0, 0.05) is 40.9 Å². The van der Waals surface area contributed by atoms with Gasteiger partial charge in [0.2, 0.25) is 0 Å². The maximum atomic E-state index is 5.23. The molecule has 212 valence electrons. The molecule has 2 unspecified atom stereocenters. The molecule has 0 radical (unpaired) electrons. The van der Waals surface area contributed by atoms with Gasteiger partial charge in [-0.05, 0) is 82.9 Å². The molecule has 4 nitrogen and oxygen atoms in total. The lowest BCUT2D eigenvalue weighted by atomic mass is 9.71. The number of allylic oxidation sites excluding steroid dienone is 12. The minimum Gasteiger partial charge on any atom is -0.308 e. The predicted molar refractivity (Wildman–Crippen MR) is 184 cm³/mol. The highest BCUT2D eigenvalue weighted by molar-refractivity contribution is 6.06. The molecule has 4 heterocycles. The van der Waals surface area contributed by atoms with Crippen LogP contribution in [0.3, 0.4) is 0 Å². The van der Waals surface area contributed by atoms with E-state index < -0.39 is 0 Å². The van der Waals surface area contributed by atoms with Crippen molar-refractivity contribution >= 4 is 27.5 Å². The minimum atomic E-state index is 0.287. The van der Waals surface area contributed by atoms with Crippen LogP contribution in [0.1, 0.15) is 5.69 Å². The molecule has 4 aromatic heterocycles. The summed E-state index contributed by atoms with van der Waals surface area (Å²) in [5.74, 6) is 0.631. The number of rotatable bonds is 4. The largest absolute Gasteiger partial charge is 0.308 e. The monoisotopic (exact) mass is 576 g/mol. The van der Waals surface area contributed by atoms with Gasteiger partial charge in [-0.25, -0.2) is 4.98 Å². The van der Waals surface area contributed by atoms with E-state index in [-0.39, 0.29) is 5.92 Å².